The first-order valence-corrected chi connectivity index (χ1v) is 11.5. The fraction of sp³-hybridized carbons (Fsp3) is 0.393. The number of rotatable bonds is 2. The molecule has 6 heteroatoms. The van der Waals surface area contributed by atoms with Crippen LogP contribution in [0.2, 0.25) is 0 Å². The molecule has 0 spiro atoms. The van der Waals surface area contributed by atoms with Crippen molar-refractivity contribution >= 4 is 0 Å². The molecule has 0 N–H and O–H groups in total. The van der Waals surface area contributed by atoms with Gasteiger partial charge in [0, 0.05) is 23.3 Å². The molecule has 1 aliphatic heterocycles. The molecule has 2 heterocycles. The van der Waals surface area contributed by atoms with E-state index >= 15 is 0 Å². The van der Waals surface area contributed by atoms with Gasteiger partial charge in [0.05, 0.1) is 53.9 Å². The summed E-state index contributed by atoms with van der Waals surface area (Å²) in [4.78, 5) is 0. The maximum Gasteiger partial charge on any atom is 0.364 e. The van der Waals surface area contributed by atoms with Crippen LogP contribution in [0.3, 0.4) is 0 Å². The van der Waals surface area contributed by atoms with Crippen LogP contribution >= 0.6 is 0 Å². The number of ether oxygens (including phenoxy) is 5. The van der Waals surface area contributed by atoms with Gasteiger partial charge in [0.15, 0.2) is 0 Å². The second-order valence-electron chi connectivity index (χ2n) is 8.59. The molecule has 1 aromatic heterocycles. The van der Waals surface area contributed by atoms with Gasteiger partial charge in [-0.1, -0.05) is 12.1 Å². The predicted octanol–water partition coefficient (Wildman–Crippen LogP) is 5.90. The van der Waals surface area contributed by atoms with E-state index in [0.29, 0.717) is 39.6 Å². The van der Waals surface area contributed by atoms with Gasteiger partial charge in [0.2, 0.25) is 0 Å². The Morgan fingerprint density at radius 1 is 0.588 bits per heavy atom. The third kappa shape index (κ3) is 5.41. The number of hydrogen-bond donors (Lipinski definition) is 0. The second kappa shape index (κ2) is 11.0. The Bertz CT molecular complexity index is 1070. The van der Waals surface area contributed by atoms with Crippen LogP contribution in [0.25, 0.3) is 22.6 Å². The zero-order valence-electron chi connectivity index (χ0n) is 20.7. The molecule has 1 aliphatic rings. The summed E-state index contributed by atoms with van der Waals surface area (Å²) in [5.41, 5.74) is 6.99. The molecule has 4 rings (SSSR count). The SMILES string of the molecule is COc1c2cc(C)cc1-c1cc(C)cc([o+]1)-c1cc(C)cc(c1OC)COCCOCCOC2. The lowest BCUT2D eigenvalue weighted by atomic mass is 10.00. The minimum absolute atomic E-state index is 0.422. The summed E-state index contributed by atoms with van der Waals surface area (Å²) in [6, 6.07) is 12.4. The van der Waals surface area contributed by atoms with Crippen molar-refractivity contribution in [2.45, 2.75) is 34.0 Å². The Labute approximate surface area is 201 Å². The van der Waals surface area contributed by atoms with E-state index in [-0.39, 0.29) is 0 Å². The van der Waals surface area contributed by atoms with E-state index in [1.807, 2.05) is 12.1 Å². The zero-order chi connectivity index (χ0) is 24.1. The first-order chi connectivity index (χ1) is 16.5. The lowest BCUT2D eigenvalue weighted by Gasteiger charge is -2.15. The fourth-order valence-electron chi connectivity index (χ4n) is 4.36. The molecular weight excluding hydrogens is 432 g/mol. The normalized spacial score (nSPS) is 14.7. The summed E-state index contributed by atoms with van der Waals surface area (Å²) in [6.45, 7) is 9.00. The van der Waals surface area contributed by atoms with Crippen LogP contribution < -0.4 is 9.47 Å². The molecule has 2 aromatic carbocycles. The number of hydrogen-bond acceptors (Lipinski definition) is 5. The van der Waals surface area contributed by atoms with E-state index in [4.69, 9.17) is 28.1 Å². The van der Waals surface area contributed by atoms with E-state index in [1.165, 1.54) is 0 Å². The maximum absolute atomic E-state index is 6.51. The average Bonchev–Trinajstić information content (AvgIpc) is 2.81. The van der Waals surface area contributed by atoms with E-state index < -0.39 is 0 Å². The van der Waals surface area contributed by atoms with Gasteiger partial charge in [0.1, 0.15) is 22.6 Å². The standard InChI is InChI=1S/C28H33O6/c1-18-10-21-16-32-8-6-31-7-9-33-17-22-11-19(2)13-24(28(22)30-5)26-15-20(3)14-25(34-26)23(12-18)27(21)29-4/h10-15H,6-9,16-17H2,1-5H3/q+1. The molecule has 0 fully saturated rings. The van der Waals surface area contributed by atoms with Gasteiger partial charge in [-0.3, -0.25) is 0 Å². The number of aryl methyl sites for hydroxylation is 3. The smallest absolute Gasteiger partial charge is 0.364 e. The molecule has 0 saturated carbocycles. The maximum atomic E-state index is 6.51. The lowest BCUT2D eigenvalue weighted by Crippen LogP contribution is -2.10. The molecule has 180 valence electrons. The van der Waals surface area contributed by atoms with Crippen molar-refractivity contribution in [3.63, 3.8) is 0 Å². The first kappa shape index (κ1) is 24.2. The van der Waals surface area contributed by atoms with Gasteiger partial charge in [-0.05, 0) is 49.6 Å². The van der Waals surface area contributed by atoms with Crippen molar-refractivity contribution in [3.8, 4) is 34.1 Å². The Balaban J connectivity index is 1.91. The van der Waals surface area contributed by atoms with Crippen LogP contribution in [0.4, 0.5) is 0 Å². The quantitative estimate of drug-likeness (QED) is 0.439. The zero-order valence-corrected chi connectivity index (χ0v) is 20.7. The summed E-state index contributed by atoms with van der Waals surface area (Å²) in [5, 5.41) is 0. The summed E-state index contributed by atoms with van der Waals surface area (Å²) >= 11 is 0. The Kier molecular flexibility index (Phi) is 7.83. The van der Waals surface area contributed by atoms with E-state index in [1.54, 1.807) is 14.2 Å². The number of fused-ring (bicyclic) bond motifs is 8. The average molecular weight is 466 g/mol. The van der Waals surface area contributed by atoms with Crippen LogP contribution in [0.5, 0.6) is 11.5 Å². The minimum atomic E-state index is 0.422. The highest BCUT2D eigenvalue weighted by atomic mass is 16.5. The van der Waals surface area contributed by atoms with Crippen LogP contribution in [0.1, 0.15) is 27.8 Å². The summed E-state index contributed by atoms with van der Waals surface area (Å²) in [5.74, 6) is 2.95. The van der Waals surface area contributed by atoms with Gasteiger partial charge in [-0.25, -0.2) is 4.42 Å². The van der Waals surface area contributed by atoms with Crippen molar-refractivity contribution in [2.24, 2.45) is 0 Å². The van der Waals surface area contributed by atoms with Gasteiger partial charge >= 0.3 is 11.5 Å². The largest absolute Gasteiger partial charge is 0.495 e. The first-order valence-electron chi connectivity index (χ1n) is 11.5. The third-order valence-electron chi connectivity index (χ3n) is 5.76. The van der Waals surface area contributed by atoms with Crippen molar-refractivity contribution < 1.29 is 28.1 Å². The van der Waals surface area contributed by atoms with Crippen LogP contribution in [0.15, 0.2) is 40.8 Å². The van der Waals surface area contributed by atoms with Crippen molar-refractivity contribution in [1.82, 2.24) is 0 Å². The fourth-order valence-corrected chi connectivity index (χ4v) is 4.36. The molecule has 0 amide bonds. The van der Waals surface area contributed by atoms with Gasteiger partial charge in [-0.2, -0.15) is 0 Å². The van der Waals surface area contributed by atoms with Crippen molar-refractivity contribution in [3.05, 3.63) is 64.2 Å². The summed E-state index contributed by atoms with van der Waals surface area (Å²) in [7, 11) is 3.36. The van der Waals surface area contributed by atoms with E-state index in [2.05, 4.69) is 45.0 Å². The second-order valence-corrected chi connectivity index (χ2v) is 8.59. The molecule has 0 unspecified atom stereocenters. The van der Waals surface area contributed by atoms with Crippen LogP contribution in [-0.4, -0.2) is 40.6 Å². The Morgan fingerprint density at radius 3 is 1.44 bits per heavy atom. The number of methoxy groups -OCH3 is 2. The Morgan fingerprint density at radius 2 is 1.00 bits per heavy atom. The van der Waals surface area contributed by atoms with Crippen molar-refractivity contribution in [2.75, 3.05) is 40.6 Å². The predicted molar refractivity (Wildman–Crippen MR) is 131 cm³/mol. The summed E-state index contributed by atoms with van der Waals surface area (Å²) < 4.78 is 35.6. The monoisotopic (exact) mass is 465 g/mol. The van der Waals surface area contributed by atoms with Crippen molar-refractivity contribution in [1.29, 1.82) is 0 Å². The van der Waals surface area contributed by atoms with E-state index in [9.17, 15) is 0 Å². The molecule has 0 aliphatic carbocycles. The highest BCUT2D eigenvalue weighted by molar-refractivity contribution is 5.74. The molecular formula is C28H33O6+. The topological polar surface area (TPSA) is 57.5 Å². The Hall–Kier alpha value is -2.93. The molecule has 0 atom stereocenters. The molecule has 6 bridgehead atoms. The molecule has 0 saturated heterocycles. The van der Waals surface area contributed by atoms with Crippen LogP contribution in [0, 0.1) is 20.8 Å². The van der Waals surface area contributed by atoms with E-state index in [0.717, 1.165) is 62.0 Å². The minimum Gasteiger partial charge on any atom is -0.495 e. The molecule has 3 aromatic rings. The lowest BCUT2D eigenvalue weighted by molar-refractivity contribution is 0.00652. The van der Waals surface area contributed by atoms with Crippen LogP contribution in [-0.2, 0) is 27.4 Å². The number of benzene rings is 2. The highest BCUT2D eigenvalue weighted by Gasteiger charge is 2.27. The summed E-state index contributed by atoms with van der Waals surface area (Å²) in [6.07, 6.45) is 0. The molecule has 0 radical (unpaired) electrons. The highest BCUT2D eigenvalue weighted by Crippen LogP contribution is 2.40. The third-order valence-corrected chi connectivity index (χ3v) is 5.76. The molecule has 34 heavy (non-hydrogen) atoms. The molecule has 6 nitrogen and oxygen atoms in total. The van der Waals surface area contributed by atoms with Gasteiger partial charge in [-0.15, -0.1) is 0 Å². The van der Waals surface area contributed by atoms with Gasteiger partial charge < -0.3 is 23.7 Å². The van der Waals surface area contributed by atoms with Gasteiger partial charge in [0.25, 0.3) is 0 Å².